The normalized spacial score (nSPS) is 19.6. The fourth-order valence-electron chi connectivity index (χ4n) is 4.19. The molecule has 2 aliphatic rings. The van der Waals surface area contributed by atoms with Gasteiger partial charge in [0.2, 0.25) is 0 Å². The van der Waals surface area contributed by atoms with Gasteiger partial charge in [0, 0.05) is 24.0 Å². The van der Waals surface area contributed by atoms with E-state index in [4.69, 9.17) is 18.9 Å². The molecule has 0 radical (unpaired) electrons. The SMILES string of the molecule is O=C1OCCC1Oc1ccc(-c2cccc(-c3ccc(OC4CCOC4=O)cc3)c2S(=O)(=O)O)cc1. The summed E-state index contributed by atoms with van der Waals surface area (Å²) in [5.41, 5.74) is 1.67. The van der Waals surface area contributed by atoms with Crippen LogP contribution >= 0.6 is 0 Å². The average Bonchev–Trinajstić information content (AvgIpc) is 3.46. The quantitative estimate of drug-likeness (QED) is 0.374. The molecule has 2 aliphatic heterocycles. The van der Waals surface area contributed by atoms with Crippen LogP contribution < -0.4 is 9.47 Å². The molecular formula is C26H22O9S. The molecule has 10 heteroatoms. The third kappa shape index (κ3) is 4.91. The highest BCUT2D eigenvalue weighted by Crippen LogP contribution is 2.37. The van der Waals surface area contributed by atoms with Crippen molar-refractivity contribution in [2.45, 2.75) is 29.9 Å². The molecule has 0 aromatic heterocycles. The Morgan fingerprint density at radius 1 is 0.694 bits per heavy atom. The molecule has 0 amide bonds. The Morgan fingerprint density at radius 2 is 1.11 bits per heavy atom. The Labute approximate surface area is 207 Å². The summed E-state index contributed by atoms with van der Waals surface area (Å²) >= 11 is 0. The number of carbonyl (C=O) groups is 2. The number of hydrogen-bond acceptors (Lipinski definition) is 8. The minimum atomic E-state index is -4.62. The van der Waals surface area contributed by atoms with Gasteiger partial charge in [-0.3, -0.25) is 4.55 Å². The first kappa shape index (κ1) is 23.8. The Hall–Kier alpha value is -3.89. The van der Waals surface area contributed by atoms with Crippen LogP contribution in [0, 0.1) is 0 Å². The van der Waals surface area contributed by atoms with Crippen molar-refractivity contribution in [2.24, 2.45) is 0 Å². The van der Waals surface area contributed by atoms with Crippen LogP contribution in [0.2, 0.25) is 0 Å². The number of cyclic esters (lactones) is 2. The molecule has 2 fully saturated rings. The lowest BCUT2D eigenvalue weighted by Gasteiger charge is -2.15. The lowest BCUT2D eigenvalue weighted by Crippen LogP contribution is -2.21. The number of ether oxygens (including phenoxy) is 4. The second-order valence-electron chi connectivity index (χ2n) is 8.33. The van der Waals surface area contributed by atoms with E-state index in [1.165, 1.54) is 0 Å². The predicted molar refractivity (Wildman–Crippen MR) is 127 cm³/mol. The van der Waals surface area contributed by atoms with Crippen LogP contribution in [0.25, 0.3) is 22.3 Å². The van der Waals surface area contributed by atoms with E-state index in [0.29, 0.717) is 59.8 Å². The zero-order valence-electron chi connectivity index (χ0n) is 19.0. The Kier molecular flexibility index (Phi) is 6.38. The van der Waals surface area contributed by atoms with E-state index in [9.17, 15) is 22.6 Å². The Morgan fingerprint density at radius 3 is 1.44 bits per heavy atom. The van der Waals surface area contributed by atoms with Gasteiger partial charge in [-0.05, 0) is 35.4 Å². The van der Waals surface area contributed by atoms with E-state index in [-0.39, 0.29) is 4.90 Å². The molecule has 0 spiro atoms. The topological polar surface area (TPSA) is 125 Å². The number of hydrogen-bond donors (Lipinski definition) is 1. The van der Waals surface area contributed by atoms with Gasteiger partial charge in [-0.25, -0.2) is 9.59 Å². The molecule has 3 aromatic rings. The van der Waals surface area contributed by atoms with Crippen LogP contribution in [0.3, 0.4) is 0 Å². The molecular weight excluding hydrogens is 488 g/mol. The number of esters is 2. The molecule has 186 valence electrons. The molecule has 36 heavy (non-hydrogen) atoms. The van der Waals surface area contributed by atoms with Gasteiger partial charge in [0.1, 0.15) is 16.4 Å². The van der Waals surface area contributed by atoms with Crippen molar-refractivity contribution in [1.82, 2.24) is 0 Å². The minimum absolute atomic E-state index is 0.244. The van der Waals surface area contributed by atoms with Crippen LogP contribution in [-0.4, -0.2) is 50.3 Å². The molecule has 3 aromatic carbocycles. The molecule has 2 unspecified atom stereocenters. The summed E-state index contributed by atoms with van der Waals surface area (Å²) in [6.07, 6.45) is -0.411. The van der Waals surface area contributed by atoms with Gasteiger partial charge < -0.3 is 18.9 Å². The molecule has 9 nitrogen and oxygen atoms in total. The summed E-state index contributed by atoms with van der Waals surface area (Å²) in [6.45, 7) is 0.624. The molecule has 2 saturated heterocycles. The molecule has 5 rings (SSSR count). The first-order chi connectivity index (χ1) is 17.3. The molecule has 0 saturated carbocycles. The van der Waals surface area contributed by atoms with E-state index >= 15 is 0 Å². The fraction of sp³-hybridized carbons (Fsp3) is 0.231. The molecule has 0 bridgehead atoms. The Balaban J connectivity index is 1.44. The van der Waals surface area contributed by atoms with Crippen LogP contribution in [0.5, 0.6) is 11.5 Å². The largest absolute Gasteiger partial charge is 0.479 e. The molecule has 2 atom stereocenters. The standard InChI is InChI=1S/C26H22O9S/c27-25-22(12-14-32-25)34-18-8-4-16(5-9-18)20-2-1-3-21(24(20)36(29,30)31)17-6-10-19(11-7-17)35-23-13-15-33-26(23)28/h1-11,22-23H,12-15H2,(H,29,30,31). The lowest BCUT2D eigenvalue weighted by molar-refractivity contribution is -0.144. The van der Waals surface area contributed by atoms with Crippen molar-refractivity contribution in [3.8, 4) is 33.8 Å². The summed E-state index contributed by atoms with van der Waals surface area (Å²) in [5, 5.41) is 0. The van der Waals surface area contributed by atoms with Crippen molar-refractivity contribution in [2.75, 3.05) is 13.2 Å². The summed E-state index contributed by atoms with van der Waals surface area (Å²) in [4.78, 5) is 23.0. The van der Waals surface area contributed by atoms with Crippen molar-refractivity contribution in [1.29, 1.82) is 0 Å². The zero-order valence-corrected chi connectivity index (χ0v) is 19.8. The fourth-order valence-corrected chi connectivity index (χ4v) is 5.12. The van der Waals surface area contributed by atoms with E-state index in [1.54, 1.807) is 66.7 Å². The van der Waals surface area contributed by atoms with E-state index in [2.05, 4.69) is 0 Å². The predicted octanol–water partition coefficient (Wildman–Crippen LogP) is 3.66. The van der Waals surface area contributed by atoms with Gasteiger partial charge in [0.05, 0.1) is 13.2 Å². The van der Waals surface area contributed by atoms with Crippen LogP contribution in [-0.2, 0) is 29.2 Å². The van der Waals surface area contributed by atoms with Crippen molar-refractivity contribution in [3.05, 3.63) is 66.7 Å². The van der Waals surface area contributed by atoms with Gasteiger partial charge in [-0.2, -0.15) is 8.42 Å². The minimum Gasteiger partial charge on any atom is -0.479 e. The smallest absolute Gasteiger partial charge is 0.347 e. The zero-order chi connectivity index (χ0) is 25.3. The van der Waals surface area contributed by atoms with Crippen LogP contribution in [0.1, 0.15) is 12.8 Å². The van der Waals surface area contributed by atoms with E-state index < -0.39 is 34.3 Å². The first-order valence-electron chi connectivity index (χ1n) is 11.3. The highest BCUT2D eigenvalue weighted by molar-refractivity contribution is 7.86. The van der Waals surface area contributed by atoms with Gasteiger partial charge in [-0.1, -0.05) is 42.5 Å². The maximum absolute atomic E-state index is 12.5. The number of rotatable bonds is 7. The maximum Gasteiger partial charge on any atom is 0.347 e. The van der Waals surface area contributed by atoms with Crippen molar-refractivity contribution < 1.29 is 41.5 Å². The molecule has 0 aliphatic carbocycles. The average molecular weight is 511 g/mol. The summed E-state index contributed by atoms with van der Waals surface area (Å²) in [7, 11) is -4.62. The third-order valence-electron chi connectivity index (χ3n) is 5.93. The maximum atomic E-state index is 12.5. The highest BCUT2D eigenvalue weighted by atomic mass is 32.2. The molecule has 2 heterocycles. The summed E-state index contributed by atoms with van der Waals surface area (Å²) in [5.74, 6) is 0.0443. The van der Waals surface area contributed by atoms with Crippen molar-refractivity contribution in [3.63, 3.8) is 0 Å². The van der Waals surface area contributed by atoms with Gasteiger partial charge >= 0.3 is 11.9 Å². The van der Waals surface area contributed by atoms with Crippen LogP contribution in [0.15, 0.2) is 71.6 Å². The Bertz CT molecular complexity index is 1310. The first-order valence-corrected chi connectivity index (χ1v) is 12.7. The van der Waals surface area contributed by atoms with Crippen molar-refractivity contribution >= 4 is 22.1 Å². The third-order valence-corrected chi connectivity index (χ3v) is 6.89. The van der Waals surface area contributed by atoms with E-state index in [0.717, 1.165) is 0 Å². The van der Waals surface area contributed by atoms with E-state index in [1.807, 2.05) is 0 Å². The number of carbonyl (C=O) groups excluding carboxylic acids is 2. The summed E-state index contributed by atoms with van der Waals surface area (Å²) in [6, 6.07) is 18.0. The molecule has 1 N–H and O–H groups in total. The second kappa shape index (κ2) is 9.63. The van der Waals surface area contributed by atoms with Gasteiger partial charge in [0.15, 0.2) is 12.2 Å². The summed E-state index contributed by atoms with van der Waals surface area (Å²) < 4.78 is 56.2. The van der Waals surface area contributed by atoms with Crippen LogP contribution in [0.4, 0.5) is 0 Å². The highest BCUT2D eigenvalue weighted by Gasteiger charge is 2.29. The van der Waals surface area contributed by atoms with Gasteiger partial charge in [-0.15, -0.1) is 0 Å². The van der Waals surface area contributed by atoms with Gasteiger partial charge in [0.25, 0.3) is 10.1 Å². The lowest BCUT2D eigenvalue weighted by atomic mass is 9.98. The number of benzene rings is 3. The monoisotopic (exact) mass is 510 g/mol. The second-order valence-corrected chi connectivity index (χ2v) is 9.69.